The molecule has 2 unspecified atom stereocenters. The molecule has 102 valence electrons. The third-order valence-corrected chi connectivity index (χ3v) is 4.38. The first-order valence-electron chi connectivity index (χ1n) is 6.78. The SMILES string of the molecule is COCCC(C)C(O)C1(OC)CCC(C)CC1. The van der Waals surface area contributed by atoms with Crippen molar-refractivity contribution in [3.05, 3.63) is 0 Å². The summed E-state index contributed by atoms with van der Waals surface area (Å²) in [5, 5.41) is 10.5. The van der Waals surface area contributed by atoms with Crippen molar-refractivity contribution in [2.75, 3.05) is 20.8 Å². The Balaban J connectivity index is 2.59. The average molecular weight is 244 g/mol. The second-order valence-corrected chi connectivity index (χ2v) is 5.66. The minimum absolute atomic E-state index is 0.225. The molecule has 0 heterocycles. The van der Waals surface area contributed by atoms with Crippen LogP contribution in [0.15, 0.2) is 0 Å². The van der Waals surface area contributed by atoms with Crippen molar-refractivity contribution in [3.8, 4) is 0 Å². The zero-order valence-corrected chi connectivity index (χ0v) is 11.7. The third kappa shape index (κ3) is 3.67. The van der Waals surface area contributed by atoms with Crippen LogP contribution in [0.4, 0.5) is 0 Å². The minimum Gasteiger partial charge on any atom is -0.390 e. The quantitative estimate of drug-likeness (QED) is 0.780. The number of ether oxygens (including phenoxy) is 2. The molecule has 0 radical (unpaired) electrons. The monoisotopic (exact) mass is 244 g/mol. The van der Waals surface area contributed by atoms with E-state index in [4.69, 9.17) is 9.47 Å². The Bertz CT molecular complexity index is 210. The first-order valence-corrected chi connectivity index (χ1v) is 6.78. The van der Waals surface area contributed by atoms with Crippen LogP contribution in [0.3, 0.4) is 0 Å². The van der Waals surface area contributed by atoms with E-state index >= 15 is 0 Å². The second-order valence-electron chi connectivity index (χ2n) is 5.66. The molecule has 1 aliphatic carbocycles. The normalized spacial score (nSPS) is 33.4. The van der Waals surface area contributed by atoms with Crippen LogP contribution in [0.25, 0.3) is 0 Å². The Hall–Kier alpha value is -0.120. The lowest BCUT2D eigenvalue weighted by Gasteiger charge is -2.43. The summed E-state index contributed by atoms with van der Waals surface area (Å²) in [6.07, 6.45) is 4.77. The summed E-state index contributed by atoms with van der Waals surface area (Å²) in [7, 11) is 3.44. The summed E-state index contributed by atoms with van der Waals surface area (Å²) in [5.41, 5.74) is -0.320. The van der Waals surface area contributed by atoms with Crippen molar-refractivity contribution < 1.29 is 14.6 Å². The number of hydrogen-bond donors (Lipinski definition) is 1. The van der Waals surface area contributed by atoms with E-state index in [0.717, 1.165) is 38.0 Å². The van der Waals surface area contributed by atoms with Gasteiger partial charge >= 0.3 is 0 Å². The highest BCUT2D eigenvalue weighted by Crippen LogP contribution is 2.39. The topological polar surface area (TPSA) is 38.7 Å². The Morgan fingerprint density at radius 2 is 1.88 bits per heavy atom. The van der Waals surface area contributed by atoms with E-state index in [1.54, 1.807) is 14.2 Å². The van der Waals surface area contributed by atoms with Crippen LogP contribution in [0.5, 0.6) is 0 Å². The first-order chi connectivity index (χ1) is 8.05. The van der Waals surface area contributed by atoms with Gasteiger partial charge in [0.2, 0.25) is 0 Å². The summed E-state index contributed by atoms with van der Waals surface area (Å²) < 4.78 is 10.8. The number of methoxy groups -OCH3 is 2. The molecule has 0 saturated heterocycles. The van der Waals surface area contributed by atoms with Crippen molar-refractivity contribution in [1.29, 1.82) is 0 Å². The van der Waals surface area contributed by atoms with Gasteiger partial charge in [-0.15, -0.1) is 0 Å². The van der Waals surface area contributed by atoms with Crippen LogP contribution in [0.2, 0.25) is 0 Å². The van der Waals surface area contributed by atoms with Gasteiger partial charge in [0.15, 0.2) is 0 Å². The summed E-state index contributed by atoms with van der Waals surface area (Å²) >= 11 is 0. The standard InChI is InChI=1S/C14H28O3/c1-11-5-8-14(17-4,9-6-11)13(15)12(2)7-10-16-3/h11-13,15H,5-10H2,1-4H3. The number of aliphatic hydroxyl groups excluding tert-OH is 1. The summed E-state index contributed by atoms with van der Waals surface area (Å²) in [4.78, 5) is 0. The Labute approximate surface area is 105 Å². The highest BCUT2D eigenvalue weighted by molar-refractivity contribution is 4.94. The van der Waals surface area contributed by atoms with E-state index in [1.165, 1.54) is 0 Å². The zero-order chi connectivity index (χ0) is 12.9. The largest absolute Gasteiger partial charge is 0.390 e. The van der Waals surface area contributed by atoms with Gasteiger partial charge in [-0.05, 0) is 43.9 Å². The van der Waals surface area contributed by atoms with E-state index in [0.29, 0.717) is 6.61 Å². The van der Waals surface area contributed by atoms with Crippen LogP contribution < -0.4 is 0 Å². The Morgan fingerprint density at radius 1 is 1.29 bits per heavy atom. The van der Waals surface area contributed by atoms with Gasteiger partial charge in [0.25, 0.3) is 0 Å². The molecule has 2 atom stereocenters. The van der Waals surface area contributed by atoms with Gasteiger partial charge in [-0.3, -0.25) is 0 Å². The lowest BCUT2D eigenvalue weighted by molar-refractivity contribution is -0.146. The van der Waals surface area contributed by atoms with Gasteiger partial charge in [-0.25, -0.2) is 0 Å². The highest BCUT2D eigenvalue weighted by atomic mass is 16.5. The smallest absolute Gasteiger partial charge is 0.0939 e. The number of rotatable bonds is 6. The molecule has 1 fully saturated rings. The molecule has 17 heavy (non-hydrogen) atoms. The van der Waals surface area contributed by atoms with Crippen molar-refractivity contribution in [2.45, 2.75) is 57.7 Å². The van der Waals surface area contributed by atoms with Gasteiger partial charge < -0.3 is 14.6 Å². The minimum atomic E-state index is -0.379. The van der Waals surface area contributed by atoms with Gasteiger partial charge in [0.1, 0.15) is 0 Å². The molecule has 0 aliphatic heterocycles. The fraction of sp³-hybridized carbons (Fsp3) is 1.00. The fourth-order valence-corrected chi connectivity index (χ4v) is 2.85. The van der Waals surface area contributed by atoms with E-state index < -0.39 is 0 Å². The maximum Gasteiger partial charge on any atom is 0.0939 e. The van der Waals surface area contributed by atoms with Gasteiger partial charge in [-0.2, -0.15) is 0 Å². The van der Waals surface area contributed by atoms with Crippen molar-refractivity contribution >= 4 is 0 Å². The Kier molecular flexibility index (Phi) is 5.90. The third-order valence-electron chi connectivity index (χ3n) is 4.38. The van der Waals surface area contributed by atoms with Crippen molar-refractivity contribution in [2.24, 2.45) is 11.8 Å². The van der Waals surface area contributed by atoms with E-state index in [-0.39, 0.29) is 17.6 Å². The molecule has 3 nitrogen and oxygen atoms in total. The molecule has 1 saturated carbocycles. The number of aliphatic hydroxyl groups is 1. The highest BCUT2D eigenvalue weighted by Gasteiger charge is 2.42. The molecule has 1 aliphatic rings. The van der Waals surface area contributed by atoms with Gasteiger partial charge in [0, 0.05) is 20.8 Å². The Morgan fingerprint density at radius 3 is 2.35 bits per heavy atom. The van der Waals surface area contributed by atoms with Crippen LogP contribution in [0, 0.1) is 11.8 Å². The van der Waals surface area contributed by atoms with Crippen LogP contribution in [0.1, 0.15) is 46.0 Å². The predicted molar refractivity (Wildman–Crippen MR) is 69.0 cm³/mol. The van der Waals surface area contributed by atoms with Crippen LogP contribution >= 0.6 is 0 Å². The number of hydrogen-bond acceptors (Lipinski definition) is 3. The summed E-state index contributed by atoms with van der Waals surface area (Å²) in [5.74, 6) is 0.989. The van der Waals surface area contributed by atoms with E-state index in [9.17, 15) is 5.11 Å². The zero-order valence-electron chi connectivity index (χ0n) is 11.7. The molecule has 3 heteroatoms. The first kappa shape index (κ1) is 14.9. The summed E-state index contributed by atoms with van der Waals surface area (Å²) in [6, 6.07) is 0. The molecule has 0 amide bonds. The van der Waals surface area contributed by atoms with Gasteiger partial charge in [0.05, 0.1) is 11.7 Å². The predicted octanol–water partition coefficient (Wildman–Crippen LogP) is 2.62. The molecule has 0 bridgehead atoms. The van der Waals surface area contributed by atoms with Crippen LogP contribution in [-0.4, -0.2) is 37.6 Å². The van der Waals surface area contributed by atoms with E-state index in [2.05, 4.69) is 13.8 Å². The molecule has 1 rings (SSSR count). The fourth-order valence-electron chi connectivity index (χ4n) is 2.85. The molecular formula is C14H28O3. The molecule has 0 aromatic heterocycles. The van der Waals surface area contributed by atoms with E-state index in [1.807, 2.05) is 0 Å². The summed E-state index contributed by atoms with van der Waals surface area (Å²) in [6.45, 7) is 5.07. The molecule has 0 spiro atoms. The van der Waals surface area contributed by atoms with Crippen LogP contribution in [-0.2, 0) is 9.47 Å². The van der Waals surface area contributed by atoms with Crippen molar-refractivity contribution in [1.82, 2.24) is 0 Å². The van der Waals surface area contributed by atoms with Gasteiger partial charge in [-0.1, -0.05) is 13.8 Å². The molecular weight excluding hydrogens is 216 g/mol. The maximum atomic E-state index is 10.5. The second kappa shape index (κ2) is 6.72. The average Bonchev–Trinajstić information content (AvgIpc) is 2.36. The lowest BCUT2D eigenvalue weighted by Crippen LogP contribution is -2.50. The molecule has 1 N–H and O–H groups in total. The maximum absolute atomic E-state index is 10.5. The molecule has 0 aromatic rings. The van der Waals surface area contributed by atoms with Crippen molar-refractivity contribution in [3.63, 3.8) is 0 Å². The molecule has 0 aromatic carbocycles. The lowest BCUT2D eigenvalue weighted by atomic mass is 9.73.